The van der Waals surface area contributed by atoms with Crippen LogP contribution in [0.4, 0.5) is 18.0 Å². The maximum atomic E-state index is 12.0. The van der Waals surface area contributed by atoms with Crippen molar-refractivity contribution in [2.45, 2.75) is 50.3 Å². The third-order valence-electron chi connectivity index (χ3n) is 3.97. The van der Waals surface area contributed by atoms with Gasteiger partial charge < -0.3 is 15.2 Å². The van der Waals surface area contributed by atoms with Crippen LogP contribution in [0.3, 0.4) is 0 Å². The van der Waals surface area contributed by atoms with Gasteiger partial charge in [-0.3, -0.25) is 25.2 Å². The van der Waals surface area contributed by atoms with Gasteiger partial charge in [0.15, 0.2) is 0 Å². The fourth-order valence-corrected chi connectivity index (χ4v) is 2.62. The van der Waals surface area contributed by atoms with Gasteiger partial charge in [0.05, 0.1) is 18.8 Å². The molecular weight excluding hydrogens is 351 g/mol. The minimum Gasteiger partial charge on any atom is -0.465 e. The molecule has 0 aromatic heterocycles. The van der Waals surface area contributed by atoms with Crippen LogP contribution in [0.25, 0.3) is 0 Å². The number of nitrogens with one attached hydrogen (secondary N) is 3. The highest BCUT2D eigenvalue weighted by Crippen LogP contribution is 2.34. The Hall–Kier alpha value is -2.08. The van der Waals surface area contributed by atoms with Gasteiger partial charge in [0, 0.05) is 5.92 Å². The van der Waals surface area contributed by atoms with Crippen LogP contribution in [0.5, 0.6) is 0 Å². The zero-order chi connectivity index (χ0) is 18.6. The van der Waals surface area contributed by atoms with E-state index in [0.717, 1.165) is 0 Å². The first-order valence-electron chi connectivity index (χ1n) is 7.59. The molecule has 1 aliphatic carbocycles. The summed E-state index contributed by atoms with van der Waals surface area (Å²) in [5, 5.41) is 10.8. The highest BCUT2D eigenvalue weighted by molar-refractivity contribution is 5.86. The van der Waals surface area contributed by atoms with Crippen LogP contribution in [0.15, 0.2) is 0 Å². The molecule has 0 aromatic carbocycles. The number of ether oxygens (including phenoxy) is 2. The van der Waals surface area contributed by atoms with E-state index in [9.17, 15) is 27.6 Å². The molecule has 1 saturated heterocycles. The van der Waals surface area contributed by atoms with Crippen molar-refractivity contribution in [3.63, 3.8) is 0 Å². The normalized spacial score (nSPS) is 29.2. The Labute approximate surface area is 140 Å². The zero-order valence-electron chi connectivity index (χ0n) is 13.0. The summed E-state index contributed by atoms with van der Waals surface area (Å²) in [7, 11) is 0. The molecule has 4 N–H and O–H groups in total. The Balaban J connectivity index is 1.63. The van der Waals surface area contributed by atoms with E-state index in [-0.39, 0.29) is 25.9 Å². The molecule has 1 heterocycles. The predicted octanol–water partition coefficient (Wildman–Crippen LogP) is 0.264. The van der Waals surface area contributed by atoms with E-state index in [2.05, 4.69) is 20.9 Å². The van der Waals surface area contributed by atoms with Gasteiger partial charge in [0.1, 0.15) is 6.10 Å². The van der Waals surface area contributed by atoms with E-state index in [1.807, 2.05) is 0 Å². The lowest BCUT2D eigenvalue weighted by Gasteiger charge is -2.34. The highest BCUT2D eigenvalue weighted by atomic mass is 19.4. The molecule has 0 radical (unpaired) electrons. The first-order chi connectivity index (χ1) is 11.6. The molecule has 0 unspecified atom stereocenters. The van der Waals surface area contributed by atoms with Crippen LogP contribution < -0.4 is 16.2 Å². The van der Waals surface area contributed by atoms with Crippen LogP contribution in [0.2, 0.25) is 0 Å². The minimum atomic E-state index is -4.73. The highest BCUT2D eigenvalue weighted by Gasteiger charge is 2.42. The maximum Gasteiger partial charge on any atom is 0.522 e. The molecule has 1 aliphatic heterocycles. The summed E-state index contributed by atoms with van der Waals surface area (Å²) in [5.74, 6) is -1.87. The van der Waals surface area contributed by atoms with Gasteiger partial charge in [-0.1, -0.05) is 0 Å². The lowest BCUT2D eigenvalue weighted by Crippen LogP contribution is -2.53. The van der Waals surface area contributed by atoms with Gasteiger partial charge in [0.25, 0.3) is 5.91 Å². The van der Waals surface area contributed by atoms with Gasteiger partial charge in [0.2, 0.25) is 5.91 Å². The summed E-state index contributed by atoms with van der Waals surface area (Å²) < 4.78 is 44.9. The van der Waals surface area contributed by atoms with E-state index >= 15 is 0 Å². The Bertz CT molecular complexity index is 516. The quantitative estimate of drug-likeness (QED) is 0.527. The van der Waals surface area contributed by atoms with Crippen molar-refractivity contribution in [1.82, 2.24) is 16.2 Å². The number of hydrazine groups is 1. The Morgan fingerprint density at radius 3 is 2.24 bits per heavy atom. The number of hydrogen-bond acceptors (Lipinski definition) is 5. The second-order valence-electron chi connectivity index (χ2n) is 5.88. The van der Waals surface area contributed by atoms with Crippen LogP contribution >= 0.6 is 0 Å². The largest absolute Gasteiger partial charge is 0.522 e. The summed E-state index contributed by atoms with van der Waals surface area (Å²) in [6, 6.07) is -0.406. The van der Waals surface area contributed by atoms with Crippen LogP contribution in [0, 0.1) is 5.92 Å². The molecule has 12 heteroatoms. The van der Waals surface area contributed by atoms with Crippen LogP contribution in [0.1, 0.15) is 25.7 Å². The number of rotatable bonds is 4. The zero-order valence-corrected chi connectivity index (χ0v) is 13.0. The molecule has 3 amide bonds. The molecule has 0 aromatic rings. The summed E-state index contributed by atoms with van der Waals surface area (Å²) in [6.07, 6.45) is -7.30. The van der Waals surface area contributed by atoms with Gasteiger partial charge in [-0.25, -0.2) is 4.79 Å². The van der Waals surface area contributed by atoms with E-state index in [4.69, 9.17) is 9.84 Å². The maximum absolute atomic E-state index is 12.0. The fourth-order valence-electron chi connectivity index (χ4n) is 2.62. The lowest BCUT2D eigenvalue weighted by molar-refractivity contribution is -0.353. The predicted molar refractivity (Wildman–Crippen MR) is 73.9 cm³/mol. The van der Waals surface area contributed by atoms with Crippen molar-refractivity contribution in [1.29, 1.82) is 0 Å². The monoisotopic (exact) mass is 369 g/mol. The SMILES string of the molecule is O=C(O)N[C@@H]1CC[C@@H](C(=O)NNC(=O)C2CC(OC(F)(F)F)C2)OC1. The first-order valence-corrected chi connectivity index (χ1v) is 7.59. The van der Waals surface area contributed by atoms with Crippen molar-refractivity contribution in [3.05, 3.63) is 0 Å². The molecule has 0 bridgehead atoms. The molecule has 2 fully saturated rings. The Kier molecular flexibility index (Phi) is 6.06. The summed E-state index contributed by atoms with van der Waals surface area (Å²) >= 11 is 0. The van der Waals surface area contributed by atoms with Crippen molar-refractivity contribution < 1.29 is 42.1 Å². The molecule has 0 spiro atoms. The first kappa shape index (κ1) is 19.2. The fraction of sp³-hybridized carbons (Fsp3) is 0.769. The minimum absolute atomic E-state index is 0.0252. The summed E-state index contributed by atoms with van der Waals surface area (Å²) in [5.41, 5.74) is 4.30. The lowest BCUT2D eigenvalue weighted by atomic mass is 9.82. The van der Waals surface area contributed by atoms with Crippen LogP contribution in [-0.2, 0) is 19.1 Å². The van der Waals surface area contributed by atoms with Gasteiger partial charge in [-0.15, -0.1) is 13.2 Å². The molecule has 142 valence electrons. The Morgan fingerprint density at radius 1 is 1.08 bits per heavy atom. The van der Waals surface area contributed by atoms with Crippen molar-refractivity contribution >= 4 is 17.9 Å². The second kappa shape index (κ2) is 7.87. The van der Waals surface area contributed by atoms with E-state index in [1.54, 1.807) is 0 Å². The molecule has 2 aliphatic rings. The number of hydrogen-bond donors (Lipinski definition) is 4. The molecule has 2 rings (SSSR count). The van der Waals surface area contributed by atoms with Gasteiger partial charge in [-0.05, 0) is 25.7 Å². The molecule has 2 atom stereocenters. The third-order valence-corrected chi connectivity index (χ3v) is 3.97. The number of carboxylic acid groups (broad SMARTS) is 1. The number of amides is 3. The van der Waals surface area contributed by atoms with Gasteiger partial charge in [-0.2, -0.15) is 0 Å². The second-order valence-corrected chi connectivity index (χ2v) is 5.88. The van der Waals surface area contributed by atoms with Gasteiger partial charge >= 0.3 is 12.5 Å². The molecule has 25 heavy (non-hydrogen) atoms. The molecule has 9 nitrogen and oxygen atoms in total. The van der Waals surface area contributed by atoms with Crippen molar-refractivity contribution in [2.75, 3.05) is 6.61 Å². The average Bonchev–Trinajstić information content (AvgIpc) is 2.47. The van der Waals surface area contributed by atoms with Crippen molar-refractivity contribution in [3.8, 4) is 0 Å². The average molecular weight is 369 g/mol. The van der Waals surface area contributed by atoms with E-state index in [0.29, 0.717) is 6.42 Å². The standard InChI is InChI=1S/C13H18F3N3O6/c14-13(15,16)25-8-3-6(4-8)10(20)18-19-11(21)9-2-1-7(5-24-9)17-12(22)23/h6-9,17H,1-5H2,(H,18,20)(H,19,21)(H,22,23)/t6?,7-,8?,9+/m1/s1. The van der Waals surface area contributed by atoms with Crippen LogP contribution in [-0.4, -0.2) is 54.2 Å². The van der Waals surface area contributed by atoms with E-state index < -0.39 is 48.4 Å². The summed E-state index contributed by atoms with van der Waals surface area (Å²) in [4.78, 5) is 34.1. The summed E-state index contributed by atoms with van der Waals surface area (Å²) in [6.45, 7) is 0.0252. The number of carbonyl (C=O) groups excluding carboxylic acids is 2. The smallest absolute Gasteiger partial charge is 0.465 e. The number of halogens is 3. The molecular formula is C13H18F3N3O6. The van der Waals surface area contributed by atoms with Crippen molar-refractivity contribution in [2.24, 2.45) is 5.92 Å². The Morgan fingerprint density at radius 2 is 1.72 bits per heavy atom. The molecule has 1 saturated carbocycles. The third kappa shape index (κ3) is 6.05. The van der Waals surface area contributed by atoms with E-state index in [1.165, 1.54) is 0 Å². The topological polar surface area (TPSA) is 126 Å². The number of alkyl halides is 3. The number of carbonyl (C=O) groups is 3.